The van der Waals surface area contributed by atoms with Gasteiger partial charge in [0.25, 0.3) is 5.91 Å². The summed E-state index contributed by atoms with van der Waals surface area (Å²) in [5, 5.41) is 0. The lowest BCUT2D eigenvalue weighted by molar-refractivity contribution is -0.143. The number of pyridine rings is 1. The van der Waals surface area contributed by atoms with Gasteiger partial charge in [-0.3, -0.25) is 4.79 Å². The van der Waals surface area contributed by atoms with Crippen LogP contribution in [-0.4, -0.2) is 61.4 Å². The molecule has 1 aliphatic heterocycles. The van der Waals surface area contributed by atoms with Gasteiger partial charge in [0.2, 0.25) is 5.88 Å². The molecule has 0 saturated carbocycles. The van der Waals surface area contributed by atoms with Gasteiger partial charge in [-0.2, -0.15) is 0 Å². The van der Waals surface area contributed by atoms with Gasteiger partial charge < -0.3 is 19.1 Å². The number of ether oxygens (including phenoxy) is 3. The Morgan fingerprint density at radius 2 is 2.18 bits per heavy atom. The number of hydrogen-bond donors (Lipinski definition) is 0. The van der Waals surface area contributed by atoms with Crippen LogP contribution in [0.2, 0.25) is 0 Å². The molecule has 122 valence electrons. The molecule has 1 aromatic heterocycles. The Labute approximate surface area is 131 Å². The quantitative estimate of drug-likeness (QED) is 0.846. The van der Waals surface area contributed by atoms with Crippen LogP contribution in [0.15, 0.2) is 12.1 Å². The number of nitrogens with zero attached hydrogens (tertiary/aromatic N) is 2. The zero-order valence-corrected chi connectivity index (χ0v) is 13.9. The maximum absolute atomic E-state index is 12.8. The molecule has 6 heteroatoms. The first kappa shape index (κ1) is 16.7. The fraction of sp³-hybridized carbons (Fsp3) is 0.625. The number of aromatic nitrogens is 1. The van der Waals surface area contributed by atoms with Crippen molar-refractivity contribution in [3.63, 3.8) is 0 Å². The lowest BCUT2D eigenvalue weighted by Crippen LogP contribution is -2.55. The molecular weight excluding hydrogens is 284 g/mol. The van der Waals surface area contributed by atoms with E-state index in [1.807, 2.05) is 20.8 Å². The van der Waals surface area contributed by atoms with Crippen molar-refractivity contribution in [2.24, 2.45) is 0 Å². The molecule has 0 spiro atoms. The summed E-state index contributed by atoms with van der Waals surface area (Å²) < 4.78 is 16.3. The maximum Gasteiger partial charge on any atom is 0.254 e. The molecule has 1 fully saturated rings. The van der Waals surface area contributed by atoms with Crippen LogP contribution in [0.25, 0.3) is 0 Å². The van der Waals surface area contributed by atoms with Crippen LogP contribution >= 0.6 is 0 Å². The van der Waals surface area contributed by atoms with Gasteiger partial charge in [-0.25, -0.2) is 4.98 Å². The Morgan fingerprint density at radius 1 is 1.45 bits per heavy atom. The summed E-state index contributed by atoms with van der Waals surface area (Å²) in [6.45, 7) is 7.32. The highest BCUT2D eigenvalue weighted by atomic mass is 16.5. The van der Waals surface area contributed by atoms with Crippen LogP contribution in [0.5, 0.6) is 5.88 Å². The molecule has 2 rings (SSSR count). The summed E-state index contributed by atoms with van der Waals surface area (Å²) in [7, 11) is 3.18. The second kappa shape index (κ2) is 6.62. The molecular formula is C16H24N2O4. The van der Waals surface area contributed by atoms with Gasteiger partial charge in [0.1, 0.15) is 0 Å². The number of aryl methyl sites for hydroxylation is 1. The third-order valence-corrected chi connectivity index (χ3v) is 3.51. The minimum absolute atomic E-state index is 0.0405. The number of methoxy groups -OCH3 is 2. The van der Waals surface area contributed by atoms with E-state index in [0.717, 1.165) is 5.69 Å². The minimum Gasteiger partial charge on any atom is -0.481 e. The molecule has 6 nitrogen and oxygen atoms in total. The van der Waals surface area contributed by atoms with E-state index in [0.29, 0.717) is 31.1 Å². The van der Waals surface area contributed by atoms with E-state index >= 15 is 0 Å². The average Bonchev–Trinajstić information content (AvgIpc) is 2.44. The summed E-state index contributed by atoms with van der Waals surface area (Å²) in [5.74, 6) is 0.408. The van der Waals surface area contributed by atoms with Gasteiger partial charge in [0, 0.05) is 37.5 Å². The molecule has 1 unspecified atom stereocenters. The average molecular weight is 308 g/mol. The zero-order chi connectivity index (χ0) is 16.3. The minimum atomic E-state index is -0.400. The Kier molecular flexibility index (Phi) is 5.03. The van der Waals surface area contributed by atoms with Crippen LogP contribution in [0, 0.1) is 6.92 Å². The molecule has 1 atom stereocenters. The van der Waals surface area contributed by atoms with Gasteiger partial charge in [0.15, 0.2) is 0 Å². The Bertz CT molecular complexity index is 545. The normalized spacial score (nSPS) is 20.8. The molecule has 0 bridgehead atoms. The van der Waals surface area contributed by atoms with Crippen LogP contribution in [0.4, 0.5) is 0 Å². The molecule has 0 radical (unpaired) electrons. The van der Waals surface area contributed by atoms with Crippen molar-refractivity contribution in [1.29, 1.82) is 0 Å². The fourth-order valence-electron chi connectivity index (χ4n) is 2.77. The summed E-state index contributed by atoms with van der Waals surface area (Å²) in [6, 6.07) is 3.45. The lowest BCUT2D eigenvalue weighted by Gasteiger charge is -2.42. The standard InChI is InChI=1S/C16H24N2O4/c1-11-6-12(7-14(17-11)21-5)15(19)18-8-13(9-20-4)22-16(2,3)10-18/h6-7,13H,8-10H2,1-5H3. The zero-order valence-electron chi connectivity index (χ0n) is 13.9. The van der Waals surface area contributed by atoms with Crippen LogP contribution in [-0.2, 0) is 9.47 Å². The van der Waals surface area contributed by atoms with Crippen molar-refractivity contribution >= 4 is 5.91 Å². The highest BCUT2D eigenvalue weighted by Gasteiger charge is 2.36. The van der Waals surface area contributed by atoms with Crippen LogP contribution in [0.1, 0.15) is 29.9 Å². The maximum atomic E-state index is 12.8. The fourth-order valence-corrected chi connectivity index (χ4v) is 2.77. The Hall–Kier alpha value is -1.66. The second-order valence-electron chi connectivity index (χ2n) is 6.18. The van der Waals surface area contributed by atoms with E-state index in [9.17, 15) is 4.79 Å². The van der Waals surface area contributed by atoms with Gasteiger partial charge >= 0.3 is 0 Å². The number of carbonyl (C=O) groups is 1. The lowest BCUT2D eigenvalue weighted by atomic mass is 10.0. The number of morpholine rings is 1. The predicted octanol–water partition coefficient (Wildman–Crippen LogP) is 1.66. The van der Waals surface area contributed by atoms with Crippen LogP contribution < -0.4 is 4.74 Å². The van der Waals surface area contributed by atoms with E-state index in [2.05, 4.69) is 4.98 Å². The molecule has 0 aliphatic carbocycles. The number of carbonyl (C=O) groups excluding carboxylic acids is 1. The first-order valence-electron chi connectivity index (χ1n) is 7.33. The van der Waals surface area contributed by atoms with Crippen molar-refractivity contribution in [3.05, 3.63) is 23.4 Å². The monoisotopic (exact) mass is 308 g/mol. The van der Waals surface area contributed by atoms with Crippen molar-refractivity contribution in [3.8, 4) is 5.88 Å². The van der Waals surface area contributed by atoms with Gasteiger partial charge in [0.05, 0.1) is 25.4 Å². The highest BCUT2D eigenvalue weighted by molar-refractivity contribution is 5.94. The van der Waals surface area contributed by atoms with Crippen molar-refractivity contribution in [2.45, 2.75) is 32.5 Å². The summed E-state index contributed by atoms with van der Waals surface area (Å²) >= 11 is 0. The largest absolute Gasteiger partial charge is 0.481 e. The SMILES string of the molecule is COCC1CN(C(=O)c2cc(C)nc(OC)c2)CC(C)(C)O1. The first-order chi connectivity index (χ1) is 10.3. The van der Waals surface area contributed by atoms with Gasteiger partial charge in [-0.15, -0.1) is 0 Å². The summed E-state index contributed by atoms with van der Waals surface area (Å²) in [5.41, 5.74) is 0.936. The van der Waals surface area contributed by atoms with Gasteiger partial charge in [-0.05, 0) is 26.8 Å². The van der Waals surface area contributed by atoms with E-state index in [4.69, 9.17) is 14.2 Å². The number of rotatable bonds is 4. The molecule has 22 heavy (non-hydrogen) atoms. The summed E-state index contributed by atoms with van der Waals surface area (Å²) in [6.07, 6.45) is -0.123. The molecule has 1 aromatic rings. The highest BCUT2D eigenvalue weighted by Crippen LogP contribution is 2.23. The molecule has 2 heterocycles. The van der Waals surface area contributed by atoms with Crippen molar-refractivity contribution < 1.29 is 19.0 Å². The molecule has 0 N–H and O–H groups in total. The Balaban J connectivity index is 2.22. The van der Waals surface area contributed by atoms with Crippen molar-refractivity contribution in [2.75, 3.05) is 33.9 Å². The number of amides is 1. The van der Waals surface area contributed by atoms with Crippen molar-refractivity contribution in [1.82, 2.24) is 9.88 Å². The molecule has 1 aliphatic rings. The van der Waals surface area contributed by atoms with E-state index < -0.39 is 5.60 Å². The van der Waals surface area contributed by atoms with Gasteiger partial charge in [-0.1, -0.05) is 0 Å². The van der Waals surface area contributed by atoms with E-state index in [-0.39, 0.29) is 12.0 Å². The molecule has 0 aromatic carbocycles. The van der Waals surface area contributed by atoms with E-state index in [1.54, 1.807) is 31.3 Å². The smallest absolute Gasteiger partial charge is 0.254 e. The molecule has 1 amide bonds. The Morgan fingerprint density at radius 3 is 2.82 bits per heavy atom. The van der Waals surface area contributed by atoms with E-state index in [1.165, 1.54) is 0 Å². The van der Waals surface area contributed by atoms with Crippen LogP contribution in [0.3, 0.4) is 0 Å². The topological polar surface area (TPSA) is 60.9 Å². The molecule has 1 saturated heterocycles. The third-order valence-electron chi connectivity index (χ3n) is 3.51. The summed E-state index contributed by atoms with van der Waals surface area (Å²) in [4.78, 5) is 18.8. The predicted molar refractivity (Wildman–Crippen MR) is 82.3 cm³/mol. The first-order valence-corrected chi connectivity index (χ1v) is 7.33. The third kappa shape index (κ3) is 3.96. The number of hydrogen-bond acceptors (Lipinski definition) is 5. The second-order valence-corrected chi connectivity index (χ2v) is 6.18.